The SMILES string of the molecule is Cc1sc(-c2cncnc2)nc1N1CCc2[nH]c(-c3c(F)cccc3F)cc2C1.Cc1sc(-c2cncnc2)nc1N1CCc2c(cc(-c3c(F)cccc3F)n2C(=O)OC(C)(C)C)C1.Cc1sc(-c2cncnc2)nc1O.Cc1sc(-c2cncnc2)nc1OS(=O)(=O)C(F)(F)F.N#Cc1cncnc1. The summed E-state index contributed by atoms with van der Waals surface area (Å²) < 4.78 is 127. The number of benzene rings is 2. The number of H-pyrrole nitrogens is 1. The second-order valence-corrected chi connectivity index (χ2v) is 30.2. The van der Waals surface area contributed by atoms with E-state index in [2.05, 4.69) is 78.8 Å². The van der Waals surface area contributed by atoms with Crippen molar-refractivity contribution < 1.29 is 58.0 Å². The molecule has 0 aliphatic carbocycles. The molecule has 25 nitrogen and oxygen atoms in total. The van der Waals surface area contributed by atoms with Crippen LogP contribution in [0.15, 0.2) is 142 Å². The number of carbonyl (C=O) groups is 1. The van der Waals surface area contributed by atoms with Crippen LogP contribution in [0, 0.1) is 62.3 Å². The van der Waals surface area contributed by atoms with Crippen LogP contribution in [0.1, 0.15) is 68.4 Å². The number of nitrogens with zero attached hydrogens (tertiary/aromatic N) is 18. The number of hydrogen-bond donors (Lipinski definition) is 2. The molecule has 0 saturated carbocycles. The van der Waals surface area contributed by atoms with Gasteiger partial charge in [0.2, 0.25) is 11.8 Å². The summed E-state index contributed by atoms with van der Waals surface area (Å²) >= 11 is 5.56. The number of aromatic amines is 1. The molecule has 2 aliphatic rings. The van der Waals surface area contributed by atoms with Gasteiger partial charge in [-0.1, -0.05) is 12.1 Å². The number of hydrogen-bond acceptors (Lipinski definition) is 27. The van der Waals surface area contributed by atoms with Crippen LogP contribution >= 0.6 is 45.3 Å². The number of alkyl halides is 3. The topological polar surface area (TPSA) is 321 Å². The number of ether oxygens (including phenoxy) is 1. The van der Waals surface area contributed by atoms with E-state index < -0.39 is 56.5 Å². The average Bonchev–Trinajstić information content (AvgIpc) is 1.60. The third kappa shape index (κ3) is 18.0. The first-order valence-corrected chi connectivity index (χ1v) is 36.1. The average molecular weight is 1540 g/mol. The van der Waals surface area contributed by atoms with Crippen LogP contribution < -0.4 is 14.0 Å². The number of nitriles is 1. The number of aromatic nitrogens is 16. The van der Waals surface area contributed by atoms with Crippen molar-refractivity contribution >= 4 is 73.2 Å². The fraction of sp³-hybridized carbons (Fsp3) is 0.217. The molecule has 544 valence electrons. The van der Waals surface area contributed by atoms with Crippen molar-refractivity contribution in [3.05, 3.63) is 213 Å². The highest BCUT2D eigenvalue weighted by atomic mass is 32.2. The Labute approximate surface area is 616 Å². The Bertz CT molecular complexity index is 5330. The molecule has 0 unspecified atom stereocenters. The zero-order valence-electron chi connectivity index (χ0n) is 56.7. The number of rotatable bonds is 10. The summed E-state index contributed by atoms with van der Waals surface area (Å²) in [5, 5.41) is 20.2. The van der Waals surface area contributed by atoms with E-state index in [-0.39, 0.29) is 32.6 Å². The lowest BCUT2D eigenvalue weighted by Crippen LogP contribution is -2.34. The Hall–Kier alpha value is -11.5. The van der Waals surface area contributed by atoms with Crippen LogP contribution in [-0.4, -0.2) is 123 Å². The van der Waals surface area contributed by atoms with E-state index in [4.69, 9.17) is 20.0 Å². The van der Waals surface area contributed by atoms with Crippen molar-refractivity contribution in [2.45, 2.75) is 85.5 Å². The van der Waals surface area contributed by atoms with Gasteiger partial charge in [-0.05, 0) is 96.0 Å². The fourth-order valence-electron chi connectivity index (χ4n) is 10.5. The molecule has 37 heteroatoms. The molecule has 0 fully saturated rings. The van der Waals surface area contributed by atoms with Crippen molar-refractivity contribution in [3.63, 3.8) is 0 Å². The number of halogens is 7. The highest BCUT2D eigenvalue weighted by Gasteiger charge is 2.49. The van der Waals surface area contributed by atoms with Crippen molar-refractivity contribution in [1.29, 1.82) is 5.26 Å². The predicted octanol–water partition coefficient (Wildman–Crippen LogP) is 14.8. The van der Waals surface area contributed by atoms with Crippen LogP contribution in [0.25, 0.3) is 64.8 Å². The smallest absolute Gasteiger partial charge is 0.492 e. The van der Waals surface area contributed by atoms with E-state index in [1.165, 1.54) is 116 Å². The maximum Gasteiger partial charge on any atom is 0.534 e. The summed E-state index contributed by atoms with van der Waals surface area (Å²) in [6.45, 7) is 15.0. The van der Waals surface area contributed by atoms with E-state index in [9.17, 15) is 49.1 Å². The molecular weight excluding hydrogens is 1480 g/mol. The van der Waals surface area contributed by atoms with Crippen LogP contribution in [0.2, 0.25) is 0 Å². The summed E-state index contributed by atoms with van der Waals surface area (Å²) in [6.07, 6.45) is 23.7. The highest BCUT2D eigenvalue weighted by molar-refractivity contribution is 7.88. The van der Waals surface area contributed by atoms with E-state index in [1.54, 1.807) is 86.7 Å². The van der Waals surface area contributed by atoms with Gasteiger partial charge in [-0.3, -0.25) is 0 Å². The monoisotopic (exact) mass is 1540 g/mol. The standard InChI is InChI=1S/C26H25F2N5O2S.C21H17F2N5S.C9H6F3N3O3S2.C8H7N3OS.C5H3N3/c1-15-23(31-24(36-15)17-11-29-14-30-12-17)32-9-8-20-16(13-32)10-21(22-18(27)6-5-7-19(22)28)33(20)25(34)35-26(2,3)4;1-12-20(27-21(29-12)14-8-24-11-25-9-14)28-6-5-17-13(10-28)7-18(26-17)19-15(22)3-2-4-16(19)23;1-5-7(18-20(16,17)9(10,11)12)15-8(19-5)6-2-13-4-14-3-6;1-5-7(12)11-8(13-5)6-2-9-4-10-3-6;6-1-5-2-7-4-8-3-5/h5-7,10-12,14H,8-9,13H2,1-4H3;2-4,7-9,11,26H,5-6,10H2,1H3;2-4H,1H3;2-4,12H,1H3;2-4H. The lowest BCUT2D eigenvalue weighted by atomic mass is 10.1. The largest absolute Gasteiger partial charge is 0.534 e. The summed E-state index contributed by atoms with van der Waals surface area (Å²) in [5.41, 5.74) is 1.11. The Morgan fingerprint density at radius 2 is 0.981 bits per heavy atom. The second kappa shape index (κ2) is 32.7. The van der Waals surface area contributed by atoms with E-state index in [0.29, 0.717) is 48.6 Å². The van der Waals surface area contributed by atoms with Gasteiger partial charge in [0.25, 0.3) is 0 Å². The normalized spacial score (nSPS) is 12.5. The van der Waals surface area contributed by atoms with Crippen molar-refractivity contribution in [2.24, 2.45) is 0 Å². The lowest BCUT2D eigenvalue weighted by Gasteiger charge is -2.29. The summed E-state index contributed by atoms with van der Waals surface area (Å²) in [6, 6.07) is 13.0. The molecule has 0 bridgehead atoms. The number of nitrogens with one attached hydrogen (secondary N) is 1. The Kier molecular flexibility index (Phi) is 23.3. The number of carbonyl (C=O) groups excluding carboxylic acids is 1. The Balaban J connectivity index is 0.000000143. The molecule has 0 amide bonds. The maximum absolute atomic E-state index is 14.8. The van der Waals surface area contributed by atoms with Gasteiger partial charge in [-0.25, -0.2) is 96.7 Å². The van der Waals surface area contributed by atoms with Gasteiger partial charge < -0.3 is 28.8 Å². The summed E-state index contributed by atoms with van der Waals surface area (Å²) in [4.78, 5) is 79.9. The van der Waals surface area contributed by atoms with E-state index >= 15 is 0 Å². The van der Waals surface area contributed by atoms with Gasteiger partial charge in [0.05, 0.1) is 37.8 Å². The van der Waals surface area contributed by atoms with Gasteiger partial charge in [-0.15, -0.1) is 45.3 Å². The molecule has 106 heavy (non-hydrogen) atoms. The fourth-order valence-corrected chi connectivity index (χ4v) is 14.5. The molecule has 13 aromatic rings. The minimum atomic E-state index is -5.73. The van der Waals surface area contributed by atoms with Crippen LogP contribution in [0.5, 0.6) is 11.8 Å². The van der Waals surface area contributed by atoms with Crippen LogP contribution in [0.4, 0.5) is 47.2 Å². The zero-order valence-corrected chi connectivity index (χ0v) is 60.8. The number of aryl methyl sites for hydroxylation is 4. The molecule has 2 aliphatic heterocycles. The number of anilines is 2. The molecule has 0 spiro atoms. The Morgan fingerprint density at radius 1 is 0.566 bits per heavy atom. The quantitative estimate of drug-likeness (QED) is 0.0730. The molecule has 2 N–H and O–H groups in total. The maximum atomic E-state index is 14.8. The molecule has 0 saturated heterocycles. The van der Waals surface area contributed by atoms with Gasteiger partial charge in [-0.2, -0.15) is 26.9 Å². The van der Waals surface area contributed by atoms with Crippen LogP contribution in [-0.2, 0) is 40.8 Å². The van der Waals surface area contributed by atoms with Crippen molar-refractivity contribution in [2.75, 3.05) is 22.9 Å². The van der Waals surface area contributed by atoms with Gasteiger partial charge >= 0.3 is 21.7 Å². The summed E-state index contributed by atoms with van der Waals surface area (Å²) in [7, 11) is -5.73. The summed E-state index contributed by atoms with van der Waals surface area (Å²) in [5.74, 6) is -1.37. The van der Waals surface area contributed by atoms with Gasteiger partial charge in [0.1, 0.15) is 98.2 Å². The lowest BCUT2D eigenvalue weighted by molar-refractivity contribution is -0.0501. The minimum Gasteiger partial charge on any atom is -0.492 e. The first-order chi connectivity index (χ1) is 50.6. The third-order valence-electron chi connectivity index (χ3n) is 15.2. The number of fused-ring (bicyclic) bond motifs is 2. The van der Waals surface area contributed by atoms with Crippen molar-refractivity contribution in [3.8, 4) is 82.6 Å². The predicted molar refractivity (Wildman–Crippen MR) is 383 cm³/mol. The molecule has 0 atom stereocenters. The van der Waals surface area contributed by atoms with E-state index in [0.717, 1.165) is 99.1 Å². The Morgan fingerprint density at radius 3 is 1.42 bits per heavy atom. The molecule has 13 heterocycles. The second-order valence-electron chi connectivity index (χ2n) is 23.8. The van der Waals surface area contributed by atoms with Crippen molar-refractivity contribution in [1.82, 2.24) is 79.3 Å². The minimum absolute atomic E-state index is 0.00958. The first-order valence-electron chi connectivity index (χ1n) is 31.5. The molecule has 15 rings (SSSR count). The highest BCUT2D eigenvalue weighted by Crippen LogP contribution is 2.41. The number of aromatic hydroxyl groups is 1. The first kappa shape index (κ1) is 75.7. The number of thiazole rings is 4. The van der Waals surface area contributed by atoms with Crippen LogP contribution in [0.3, 0.4) is 0 Å². The molecule has 2 aromatic carbocycles. The molecule has 11 aromatic heterocycles. The molecular formula is C69H58F7N19O6S5. The van der Waals surface area contributed by atoms with E-state index in [1.807, 2.05) is 32.9 Å². The molecule has 0 radical (unpaired) electrons. The van der Waals surface area contributed by atoms with Gasteiger partial charge in [0, 0.05) is 144 Å². The van der Waals surface area contributed by atoms with Gasteiger partial charge in [0.15, 0.2) is 0 Å². The zero-order chi connectivity index (χ0) is 75.6. The third-order valence-corrected chi connectivity index (χ3v) is 20.2.